The lowest BCUT2D eigenvalue weighted by Gasteiger charge is -2.29. The van der Waals surface area contributed by atoms with Crippen LogP contribution in [-0.2, 0) is 23.9 Å². The number of carbonyl (C=O) groups is 4. The molecule has 0 fully saturated rings. The van der Waals surface area contributed by atoms with Gasteiger partial charge >= 0.3 is 5.97 Å². The second-order valence-corrected chi connectivity index (χ2v) is 8.71. The molecule has 6 heteroatoms. The fourth-order valence-electron chi connectivity index (χ4n) is 4.09. The first kappa shape index (κ1) is 26.1. The zero-order chi connectivity index (χ0) is 22.6. The highest BCUT2D eigenvalue weighted by molar-refractivity contribution is 5.85. The van der Waals surface area contributed by atoms with Gasteiger partial charge in [0.2, 0.25) is 5.91 Å². The van der Waals surface area contributed by atoms with E-state index in [2.05, 4.69) is 5.32 Å². The number of Topliss-reactive ketones (excluding diaryl/α,β-unsaturated/α-hetero) is 2. The predicted octanol–water partition coefficient (Wildman–Crippen LogP) is 4.31. The number of unbranched alkanes of at least 4 members (excludes halogenated alkanes) is 2. The Morgan fingerprint density at radius 3 is 2.57 bits per heavy atom. The lowest BCUT2D eigenvalue weighted by atomic mass is 9.75. The lowest BCUT2D eigenvalue weighted by molar-refractivity contribution is -0.147. The molecule has 0 saturated heterocycles. The molecule has 0 aromatic rings. The van der Waals surface area contributed by atoms with Crippen molar-refractivity contribution in [3.63, 3.8) is 0 Å². The largest absolute Gasteiger partial charge is 0.458 e. The monoisotopic (exact) mass is 421 g/mol. The van der Waals surface area contributed by atoms with E-state index >= 15 is 0 Å². The number of ether oxygens (including phenoxy) is 1. The topological polar surface area (TPSA) is 89.5 Å². The second-order valence-electron chi connectivity index (χ2n) is 8.71. The third-order valence-corrected chi connectivity index (χ3v) is 6.00. The lowest BCUT2D eigenvalue weighted by Crippen LogP contribution is -2.29. The zero-order valence-corrected chi connectivity index (χ0v) is 19.1. The van der Waals surface area contributed by atoms with Gasteiger partial charge in [-0.15, -0.1) is 0 Å². The van der Waals surface area contributed by atoms with E-state index < -0.39 is 0 Å². The first-order valence-electron chi connectivity index (χ1n) is 11.3. The van der Waals surface area contributed by atoms with E-state index in [4.69, 9.17) is 4.74 Å². The van der Waals surface area contributed by atoms with Crippen molar-refractivity contribution in [2.75, 3.05) is 7.05 Å². The average molecular weight is 422 g/mol. The molecule has 1 rings (SSSR count). The van der Waals surface area contributed by atoms with Crippen molar-refractivity contribution in [1.82, 2.24) is 5.32 Å². The summed E-state index contributed by atoms with van der Waals surface area (Å²) >= 11 is 0. The van der Waals surface area contributed by atoms with E-state index in [9.17, 15) is 19.2 Å². The molecule has 0 spiro atoms. The van der Waals surface area contributed by atoms with Crippen molar-refractivity contribution in [3.05, 3.63) is 12.2 Å². The van der Waals surface area contributed by atoms with E-state index in [1.165, 1.54) is 6.92 Å². The maximum absolute atomic E-state index is 12.2. The van der Waals surface area contributed by atoms with Gasteiger partial charge in [0, 0.05) is 37.6 Å². The molecule has 3 unspecified atom stereocenters. The van der Waals surface area contributed by atoms with Crippen LogP contribution in [0.15, 0.2) is 12.2 Å². The molecule has 6 nitrogen and oxygen atoms in total. The molecule has 0 heterocycles. The molecule has 1 amide bonds. The normalized spacial score (nSPS) is 23.5. The van der Waals surface area contributed by atoms with Crippen LogP contribution in [0.4, 0.5) is 0 Å². The number of esters is 1. The molecule has 0 saturated carbocycles. The fraction of sp³-hybridized carbons (Fsp3) is 0.750. The molecular formula is C24H39NO5. The molecular weight excluding hydrogens is 382 g/mol. The Bertz CT molecular complexity index is 627. The maximum Gasteiger partial charge on any atom is 0.306 e. The highest BCUT2D eigenvalue weighted by atomic mass is 16.5. The van der Waals surface area contributed by atoms with Crippen molar-refractivity contribution >= 4 is 23.4 Å². The van der Waals surface area contributed by atoms with Crippen LogP contribution in [0.5, 0.6) is 0 Å². The van der Waals surface area contributed by atoms with Crippen LogP contribution >= 0.6 is 0 Å². The number of amides is 1. The number of hydrogen-bond acceptors (Lipinski definition) is 5. The number of ketones is 2. The molecule has 0 aliphatic heterocycles. The van der Waals surface area contributed by atoms with Crippen LogP contribution in [0.1, 0.15) is 91.4 Å². The van der Waals surface area contributed by atoms with Gasteiger partial charge in [0.15, 0.2) is 0 Å². The third kappa shape index (κ3) is 9.23. The third-order valence-electron chi connectivity index (χ3n) is 6.00. The van der Waals surface area contributed by atoms with Crippen LogP contribution in [0.25, 0.3) is 0 Å². The van der Waals surface area contributed by atoms with Gasteiger partial charge in [0.05, 0.1) is 0 Å². The van der Waals surface area contributed by atoms with Gasteiger partial charge in [0.1, 0.15) is 17.7 Å². The van der Waals surface area contributed by atoms with E-state index in [0.717, 1.165) is 32.1 Å². The SMILES string of the molecule is CCC(=O)C1(C)C/C=C/C(OC(=O)CCCCCC(CC(C)=O)C(=O)NC)CCC1. The van der Waals surface area contributed by atoms with Crippen LogP contribution in [0.3, 0.4) is 0 Å². The summed E-state index contributed by atoms with van der Waals surface area (Å²) in [4.78, 5) is 47.5. The maximum atomic E-state index is 12.2. The minimum Gasteiger partial charge on any atom is -0.458 e. The first-order valence-corrected chi connectivity index (χ1v) is 11.3. The summed E-state index contributed by atoms with van der Waals surface area (Å²) in [5.41, 5.74) is -0.296. The molecule has 3 atom stereocenters. The number of nitrogens with one attached hydrogen (secondary N) is 1. The molecule has 1 N–H and O–H groups in total. The standard InChI is InChI=1S/C24H39NO5/c1-5-21(27)24(3)15-9-12-20(13-10-16-24)30-22(28)14-8-6-7-11-19(17-18(2)26)23(29)25-4/h9,12,19-20H,5-8,10-11,13-17H2,1-4H3,(H,25,29)/b12-9+. The molecule has 1 aliphatic rings. The molecule has 1 aliphatic carbocycles. The summed E-state index contributed by atoms with van der Waals surface area (Å²) in [6, 6.07) is 0. The Morgan fingerprint density at radius 1 is 1.20 bits per heavy atom. The molecule has 170 valence electrons. The number of carbonyl (C=O) groups excluding carboxylic acids is 4. The van der Waals surface area contributed by atoms with Gasteiger partial charge < -0.3 is 14.8 Å². The molecule has 0 aromatic carbocycles. The number of hydrogen-bond donors (Lipinski definition) is 1. The van der Waals surface area contributed by atoms with Gasteiger partial charge in [-0.2, -0.15) is 0 Å². The highest BCUT2D eigenvalue weighted by Gasteiger charge is 2.31. The van der Waals surface area contributed by atoms with Gasteiger partial charge in [-0.25, -0.2) is 0 Å². The number of allylic oxidation sites excluding steroid dienone is 1. The molecule has 0 bridgehead atoms. The Kier molecular flexibility index (Phi) is 11.6. The minimum absolute atomic E-state index is 0.0128. The quantitative estimate of drug-likeness (QED) is 0.288. The van der Waals surface area contributed by atoms with Gasteiger partial charge in [-0.05, 0) is 51.5 Å². The van der Waals surface area contributed by atoms with Gasteiger partial charge in [0.25, 0.3) is 0 Å². The summed E-state index contributed by atoms with van der Waals surface area (Å²) in [7, 11) is 1.58. The summed E-state index contributed by atoms with van der Waals surface area (Å²) in [5, 5.41) is 2.61. The van der Waals surface area contributed by atoms with E-state index in [1.807, 2.05) is 26.0 Å². The Morgan fingerprint density at radius 2 is 1.93 bits per heavy atom. The summed E-state index contributed by atoms with van der Waals surface area (Å²) < 4.78 is 5.60. The Hall–Kier alpha value is -1.98. The smallest absolute Gasteiger partial charge is 0.306 e. The Balaban J connectivity index is 2.34. The molecule has 30 heavy (non-hydrogen) atoms. The van der Waals surface area contributed by atoms with Crippen LogP contribution < -0.4 is 5.32 Å². The molecule has 0 aromatic heterocycles. The zero-order valence-electron chi connectivity index (χ0n) is 19.1. The van der Waals surface area contributed by atoms with Crippen molar-refractivity contribution < 1.29 is 23.9 Å². The van der Waals surface area contributed by atoms with E-state index in [0.29, 0.717) is 37.9 Å². The summed E-state index contributed by atoms with van der Waals surface area (Å²) in [6.07, 6.45) is 11.0. The van der Waals surface area contributed by atoms with Gasteiger partial charge in [-0.1, -0.05) is 32.8 Å². The van der Waals surface area contributed by atoms with E-state index in [-0.39, 0.29) is 41.5 Å². The number of rotatable bonds is 12. The molecule has 0 radical (unpaired) electrons. The Labute approximate surface area is 181 Å². The second kappa shape index (κ2) is 13.3. The van der Waals surface area contributed by atoms with Crippen molar-refractivity contribution in [1.29, 1.82) is 0 Å². The summed E-state index contributed by atoms with van der Waals surface area (Å²) in [6.45, 7) is 5.43. The van der Waals surface area contributed by atoms with Crippen molar-refractivity contribution in [2.45, 2.75) is 97.5 Å². The minimum atomic E-state index is -0.296. The van der Waals surface area contributed by atoms with Crippen molar-refractivity contribution in [2.24, 2.45) is 11.3 Å². The summed E-state index contributed by atoms with van der Waals surface area (Å²) in [5.74, 6) is -0.283. The van der Waals surface area contributed by atoms with E-state index in [1.54, 1.807) is 7.05 Å². The van der Waals surface area contributed by atoms with Crippen LogP contribution in [-0.4, -0.2) is 36.6 Å². The van der Waals surface area contributed by atoms with Crippen molar-refractivity contribution in [3.8, 4) is 0 Å². The first-order chi connectivity index (χ1) is 14.2. The fourth-order valence-corrected chi connectivity index (χ4v) is 4.09. The van der Waals surface area contributed by atoms with Crippen LogP contribution in [0, 0.1) is 11.3 Å². The predicted molar refractivity (Wildman–Crippen MR) is 117 cm³/mol. The highest BCUT2D eigenvalue weighted by Crippen LogP contribution is 2.33. The van der Waals surface area contributed by atoms with Gasteiger partial charge in [-0.3, -0.25) is 14.4 Å². The van der Waals surface area contributed by atoms with Crippen LogP contribution in [0.2, 0.25) is 0 Å². The average Bonchev–Trinajstić information content (AvgIpc) is 2.69.